The van der Waals surface area contributed by atoms with Crippen molar-refractivity contribution in [3.05, 3.63) is 29.8 Å². The number of rotatable bonds is 7. The summed E-state index contributed by atoms with van der Waals surface area (Å²) in [7, 11) is 0. The zero-order valence-corrected chi connectivity index (χ0v) is 16.2. The molecule has 0 saturated carbocycles. The van der Waals surface area contributed by atoms with Crippen LogP contribution in [0.25, 0.3) is 0 Å². The molecule has 0 radical (unpaired) electrons. The van der Waals surface area contributed by atoms with Crippen molar-refractivity contribution in [2.75, 3.05) is 32.8 Å². The van der Waals surface area contributed by atoms with Crippen LogP contribution < -0.4 is 10.1 Å². The van der Waals surface area contributed by atoms with Crippen LogP contribution in [0.1, 0.15) is 45.2 Å². The van der Waals surface area contributed by atoms with E-state index < -0.39 is 0 Å². The second-order valence-corrected chi connectivity index (χ2v) is 6.24. The quantitative estimate of drug-likeness (QED) is 0.781. The van der Waals surface area contributed by atoms with Crippen LogP contribution in [-0.2, 0) is 0 Å². The van der Waals surface area contributed by atoms with Crippen LogP contribution in [0.4, 0.5) is 0 Å². The van der Waals surface area contributed by atoms with E-state index in [1.165, 1.54) is 18.4 Å². The van der Waals surface area contributed by atoms with Crippen molar-refractivity contribution in [2.24, 2.45) is 5.92 Å². The van der Waals surface area contributed by atoms with Gasteiger partial charge in [0, 0.05) is 37.8 Å². The van der Waals surface area contributed by atoms with E-state index in [1.54, 1.807) is 0 Å². The van der Waals surface area contributed by atoms with Crippen molar-refractivity contribution in [1.29, 1.82) is 0 Å². The number of nitrogens with one attached hydrogen (secondary N) is 1. The van der Waals surface area contributed by atoms with Crippen LogP contribution >= 0.6 is 24.8 Å². The second kappa shape index (κ2) is 12.0. The maximum atomic E-state index is 5.87. The van der Waals surface area contributed by atoms with Gasteiger partial charge in [-0.2, -0.15) is 0 Å². The van der Waals surface area contributed by atoms with Crippen molar-refractivity contribution >= 4 is 24.8 Å². The number of piperazine rings is 1. The standard InChI is InChI=1S/C18H30N2O.2ClH/c1-4-21-18-8-6-5-7-16(18)17(10-9-15(2)3)20-13-11-19-12-14-20;;/h5-8,15,17,19H,4,9-14H2,1-3H3;2*1H/t17-;;/m0../s1. The molecular formula is C18H32Cl2N2O. The normalized spacial score (nSPS) is 16.3. The summed E-state index contributed by atoms with van der Waals surface area (Å²) in [6.07, 6.45) is 2.47. The number of benzene rings is 1. The molecule has 1 saturated heterocycles. The summed E-state index contributed by atoms with van der Waals surface area (Å²) in [6, 6.07) is 9.06. The van der Waals surface area contributed by atoms with Gasteiger partial charge in [-0.25, -0.2) is 0 Å². The summed E-state index contributed by atoms with van der Waals surface area (Å²) >= 11 is 0. The van der Waals surface area contributed by atoms with Crippen LogP contribution in [0.2, 0.25) is 0 Å². The van der Waals surface area contributed by atoms with E-state index in [-0.39, 0.29) is 24.8 Å². The lowest BCUT2D eigenvalue weighted by Crippen LogP contribution is -2.45. The first-order chi connectivity index (χ1) is 10.2. The Hall–Kier alpha value is -0.480. The Morgan fingerprint density at radius 2 is 1.74 bits per heavy atom. The average Bonchev–Trinajstić information content (AvgIpc) is 2.50. The molecule has 1 atom stereocenters. The Morgan fingerprint density at radius 1 is 1.09 bits per heavy atom. The molecule has 0 unspecified atom stereocenters. The van der Waals surface area contributed by atoms with Crippen LogP contribution in [0, 0.1) is 5.92 Å². The summed E-state index contributed by atoms with van der Waals surface area (Å²) in [6.45, 7) is 11.9. The molecule has 0 aromatic heterocycles. The summed E-state index contributed by atoms with van der Waals surface area (Å²) in [5.41, 5.74) is 1.36. The Bertz CT molecular complexity index is 423. The molecule has 0 spiro atoms. The first-order valence-electron chi connectivity index (χ1n) is 8.38. The van der Waals surface area contributed by atoms with Gasteiger partial charge in [-0.3, -0.25) is 4.90 Å². The van der Waals surface area contributed by atoms with Crippen molar-refractivity contribution in [1.82, 2.24) is 10.2 Å². The summed E-state index contributed by atoms with van der Waals surface area (Å²) in [4.78, 5) is 2.62. The van der Waals surface area contributed by atoms with Gasteiger partial charge in [0.1, 0.15) is 5.75 Å². The number of halogens is 2. The predicted molar refractivity (Wildman–Crippen MR) is 103 cm³/mol. The molecule has 5 heteroatoms. The molecule has 23 heavy (non-hydrogen) atoms. The lowest BCUT2D eigenvalue weighted by molar-refractivity contribution is 0.156. The number of nitrogens with zero attached hydrogens (tertiary/aromatic N) is 1. The number of ether oxygens (including phenoxy) is 1. The lowest BCUT2D eigenvalue weighted by atomic mass is 9.95. The SMILES string of the molecule is CCOc1ccccc1[C@H](CCC(C)C)N1CCNCC1.Cl.Cl. The molecule has 0 aliphatic carbocycles. The third-order valence-electron chi connectivity index (χ3n) is 4.19. The first kappa shape index (κ1) is 22.5. The first-order valence-corrected chi connectivity index (χ1v) is 8.38. The van der Waals surface area contributed by atoms with E-state index in [9.17, 15) is 0 Å². The minimum Gasteiger partial charge on any atom is -0.494 e. The van der Waals surface area contributed by atoms with Gasteiger partial charge >= 0.3 is 0 Å². The average molecular weight is 363 g/mol. The highest BCUT2D eigenvalue weighted by Crippen LogP contribution is 2.33. The van der Waals surface area contributed by atoms with E-state index in [1.807, 2.05) is 0 Å². The smallest absolute Gasteiger partial charge is 0.124 e. The van der Waals surface area contributed by atoms with Gasteiger partial charge in [0.25, 0.3) is 0 Å². The van der Waals surface area contributed by atoms with E-state index in [0.29, 0.717) is 6.04 Å². The zero-order chi connectivity index (χ0) is 15.1. The fourth-order valence-corrected chi connectivity index (χ4v) is 3.06. The Morgan fingerprint density at radius 3 is 2.35 bits per heavy atom. The van der Waals surface area contributed by atoms with Crippen LogP contribution in [-0.4, -0.2) is 37.7 Å². The highest BCUT2D eigenvalue weighted by Gasteiger charge is 2.24. The maximum absolute atomic E-state index is 5.87. The monoisotopic (exact) mass is 362 g/mol. The molecule has 3 nitrogen and oxygen atoms in total. The molecule has 0 amide bonds. The van der Waals surface area contributed by atoms with Gasteiger partial charge < -0.3 is 10.1 Å². The van der Waals surface area contributed by atoms with Gasteiger partial charge in [-0.15, -0.1) is 24.8 Å². The maximum Gasteiger partial charge on any atom is 0.124 e. The number of hydrogen-bond donors (Lipinski definition) is 1. The van der Waals surface area contributed by atoms with Crippen LogP contribution in [0.5, 0.6) is 5.75 Å². The summed E-state index contributed by atoms with van der Waals surface area (Å²) < 4.78 is 5.87. The number of hydrogen-bond acceptors (Lipinski definition) is 3. The largest absolute Gasteiger partial charge is 0.494 e. The van der Waals surface area contributed by atoms with Gasteiger partial charge in [0.2, 0.25) is 0 Å². The molecule has 1 fully saturated rings. The van der Waals surface area contributed by atoms with Gasteiger partial charge in [-0.1, -0.05) is 32.0 Å². The highest BCUT2D eigenvalue weighted by molar-refractivity contribution is 5.85. The highest BCUT2D eigenvalue weighted by atomic mass is 35.5. The molecule has 0 bridgehead atoms. The fraction of sp³-hybridized carbons (Fsp3) is 0.667. The van der Waals surface area contributed by atoms with Gasteiger partial charge in [-0.05, 0) is 31.7 Å². The fourth-order valence-electron chi connectivity index (χ4n) is 3.06. The van der Waals surface area contributed by atoms with Crippen molar-refractivity contribution in [3.8, 4) is 5.75 Å². The van der Waals surface area contributed by atoms with Gasteiger partial charge in [0.05, 0.1) is 6.61 Å². The predicted octanol–water partition coefficient (Wildman–Crippen LogP) is 4.31. The molecule has 1 heterocycles. The molecule has 1 aliphatic rings. The number of para-hydroxylation sites is 1. The Kier molecular flexibility index (Phi) is 11.7. The van der Waals surface area contributed by atoms with E-state index >= 15 is 0 Å². The summed E-state index contributed by atoms with van der Waals surface area (Å²) in [5.74, 6) is 1.81. The molecule has 1 N–H and O–H groups in total. The van der Waals surface area contributed by atoms with Crippen LogP contribution in [0.15, 0.2) is 24.3 Å². The Balaban J connectivity index is 0.00000242. The third-order valence-corrected chi connectivity index (χ3v) is 4.19. The summed E-state index contributed by atoms with van der Waals surface area (Å²) in [5, 5.41) is 3.45. The van der Waals surface area contributed by atoms with Crippen molar-refractivity contribution in [2.45, 2.75) is 39.7 Å². The minimum absolute atomic E-state index is 0. The minimum atomic E-state index is 0. The second-order valence-electron chi connectivity index (χ2n) is 6.24. The van der Waals surface area contributed by atoms with E-state index in [2.05, 4.69) is 55.3 Å². The molecule has 134 valence electrons. The van der Waals surface area contributed by atoms with Gasteiger partial charge in [0.15, 0.2) is 0 Å². The molecular weight excluding hydrogens is 331 g/mol. The molecule has 2 rings (SSSR count). The van der Waals surface area contributed by atoms with E-state index in [0.717, 1.165) is 44.5 Å². The lowest BCUT2D eigenvalue weighted by Gasteiger charge is -2.36. The third kappa shape index (κ3) is 6.88. The molecule has 1 aliphatic heterocycles. The van der Waals surface area contributed by atoms with Crippen LogP contribution in [0.3, 0.4) is 0 Å². The van der Waals surface area contributed by atoms with E-state index in [4.69, 9.17) is 4.74 Å². The molecule has 1 aromatic carbocycles. The molecule has 1 aromatic rings. The Labute approximate surface area is 154 Å². The van der Waals surface area contributed by atoms with Crippen molar-refractivity contribution in [3.63, 3.8) is 0 Å². The topological polar surface area (TPSA) is 24.5 Å². The van der Waals surface area contributed by atoms with Crippen molar-refractivity contribution < 1.29 is 4.74 Å². The zero-order valence-electron chi connectivity index (χ0n) is 14.6.